The molecule has 0 aliphatic carbocycles. The van der Waals surface area contributed by atoms with E-state index in [1.807, 2.05) is 47.8 Å². The van der Waals surface area contributed by atoms with Gasteiger partial charge >= 0.3 is 0 Å². The fraction of sp³-hybridized carbons (Fsp3) is 0.167. The third kappa shape index (κ3) is 3.14. The Labute approximate surface area is 139 Å². The SMILES string of the molecule is COc1ccc(-c2csc(-c3ccc(OC)c(OC)c3)n2)cc1. The number of hydrogen-bond acceptors (Lipinski definition) is 5. The molecule has 0 saturated carbocycles. The van der Waals surface area contributed by atoms with Crippen LogP contribution in [-0.2, 0) is 0 Å². The van der Waals surface area contributed by atoms with Crippen molar-refractivity contribution in [2.45, 2.75) is 0 Å². The monoisotopic (exact) mass is 327 g/mol. The standard InChI is InChI=1S/C18H17NO3S/c1-20-14-7-4-12(5-8-14)15-11-23-18(19-15)13-6-9-16(21-2)17(10-13)22-3/h4-11H,1-3H3. The van der Waals surface area contributed by atoms with Crippen LogP contribution >= 0.6 is 11.3 Å². The van der Waals surface area contributed by atoms with Crippen molar-refractivity contribution in [2.24, 2.45) is 0 Å². The Kier molecular flexibility index (Phi) is 4.48. The quantitative estimate of drug-likeness (QED) is 0.691. The van der Waals surface area contributed by atoms with E-state index >= 15 is 0 Å². The summed E-state index contributed by atoms with van der Waals surface area (Å²) in [6.07, 6.45) is 0. The van der Waals surface area contributed by atoms with Crippen LogP contribution in [0.2, 0.25) is 0 Å². The summed E-state index contributed by atoms with van der Waals surface area (Å²) in [6.45, 7) is 0. The molecular weight excluding hydrogens is 310 g/mol. The van der Waals surface area contributed by atoms with E-state index in [2.05, 4.69) is 0 Å². The summed E-state index contributed by atoms with van der Waals surface area (Å²) in [5.74, 6) is 2.25. The minimum atomic E-state index is 0.700. The highest BCUT2D eigenvalue weighted by Crippen LogP contribution is 2.35. The van der Waals surface area contributed by atoms with Crippen LogP contribution in [0.25, 0.3) is 21.8 Å². The lowest BCUT2D eigenvalue weighted by molar-refractivity contribution is 0.355. The molecular formula is C18H17NO3S. The van der Waals surface area contributed by atoms with E-state index in [0.717, 1.165) is 27.6 Å². The Hall–Kier alpha value is -2.53. The molecule has 0 fully saturated rings. The van der Waals surface area contributed by atoms with Crippen LogP contribution in [0.1, 0.15) is 0 Å². The molecule has 23 heavy (non-hydrogen) atoms. The maximum absolute atomic E-state index is 5.35. The molecule has 1 heterocycles. The third-order valence-corrected chi connectivity index (χ3v) is 4.41. The van der Waals surface area contributed by atoms with Crippen LogP contribution in [0.15, 0.2) is 47.8 Å². The lowest BCUT2D eigenvalue weighted by Gasteiger charge is -2.08. The summed E-state index contributed by atoms with van der Waals surface area (Å²) < 4.78 is 15.8. The van der Waals surface area contributed by atoms with Crippen molar-refractivity contribution in [3.8, 4) is 39.1 Å². The summed E-state index contributed by atoms with van der Waals surface area (Å²) in [7, 11) is 4.92. The zero-order valence-corrected chi connectivity index (χ0v) is 14.0. The van der Waals surface area contributed by atoms with E-state index < -0.39 is 0 Å². The Morgan fingerprint density at radius 1 is 0.783 bits per heavy atom. The van der Waals surface area contributed by atoms with E-state index in [4.69, 9.17) is 19.2 Å². The van der Waals surface area contributed by atoms with Gasteiger partial charge < -0.3 is 14.2 Å². The molecule has 0 saturated heterocycles. The van der Waals surface area contributed by atoms with Gasteiger partial charge in [-0.15, -0.1) is 11.3 Å². The van der Waals surface area contributed by atoms with E-state index in [1.165, 1.54) is 0 Å². The van der Waals surface area contributed by atoms with Gasteiger partial charge in [-0.2, -0.15) is 0 Å². The van der Waals surface area contributed by atoms with Gasteiger partial charge in [-0.05, 0) is 42.5 Å². The van der Waals surface area contributed by atoms with E-state index in [9.17, 15) is 0 Å². The van der Waals surface area contributed by atoms with Crippen molar-refractivity contribution in [3.05, 3.63) is 47.8 Å². The predicted molar refractivity (Wildman–Crippen MR) is 92.6 cm³/mol. The Morgan fingerprint density at radius 2 is 1.48 bits per heavy atom. The average molecular weight is 327 g/mol. The molecule has 1 aromatic heterocycles. The van der Waals surface area contributed by atoms with Crippen LogP contribution < -0.4 is 14.2 Å². The third-order valence-electron chi connectivity index (χ3n) is 3.52. The highest BCUT2D eigenvalue weighted by atomic mass is 32.1. The molecule has 0 spiro atoms. The zero-order valence-electron chi connectivity index (χ0n) is 13.2. The maximum atomic E-state index is 5.35. The zero-order chi connectivity index (χ0) is 16.2. The highest BCUT2D eigenvalue weighted by Gasteiger charge is 2.10. The van der Waals surface area contributed by atoms with Crippen LogP contribution in [0.4, 0.5) is 0 Å². The first-order chi connectivity index (χ1) is 11.2. The van der Waals surface area contributed by atoms with E-state index in [1.54, 1.807) is 32.7 Å². The van der Waals surface area contributed by atoms with Crippen LogP contribution in [0.3, 0.4) is 0 Å². The molecule has 0 bridgehead atoms. The van der Waals surface area contributed by atoms with Gasteiger partial charge in [0.2, 0.25) is 0 Å². The molecule has 3 rings (SSSR count). The van der Waals surface area contributed by atoms with Gasteiger partial charge in [0.15, 0.2) is 11.5 Å². The topological polar surface area (TPSA) is 40.6 Å². The number of rotatable bonds is 5. The lowest BCUT2D eigenvalue weighted by atomic mass is 10.1. The number of hydrogen-bond donors (Lipinski definition) is 0. The first kappa shape index (κ1) is 15.4. The molecule has 2 aromatic carbocycles. The van der Waals surface area contributed by atoms with Crippen molar-refractivity contribution in [1.29, 1.82) is 0 Å². The molecule has 0 aliphatic heterocycles. The highest BCUT2D eigenvalue weighted by molar-refractivity contribution is 7.13. The van der Waals surface area contributed by atoms with Crippen molar-refractivity contribution in [1.82, 2.24) is 4.98 Å². The summed E-state index contributed by atoms with van der Waals surface area (Å²) in [5, 5.41) is 2.99. The van der Waals surface area contributed by atoms with Gasteiger partial charge in [0.1, 0.15) is 10.8 Å². The van der Waals surface area contributed by atoms with Gasteiger partial charge in [-0.3, -0.25) is 0 Å². The molecule has 0 amide bonds. The number of ether oxygens (including phenoxy) is 3. The van der Waals surface area contributed by atoms with Crippen molar-refractivity contribution in [3.63, 3.8) is 0 Å². The normalized spacial score (nSPS) is 10.4. The average Bonchev–Trinajstić information content (AvgIpc) is 3.11. The maximum Gasteiger partial charge on any atom is 0.161 e. The second-order valence-electron chi connectivity index (χ2n) is 4.84. The largest absolute Gasteiger partial charge is 0.497 e. The molecule has 3 aromatic rings. The van der Waals surface area contributed by atoms with E-state index in [0.29, 0.717) is 11.5 Å². The van der Waals surface area contributed by atoms with Gasteiger partial charge in [0.05, 0.1) is 27.0 Å². The second kappa shape index (κ2) is 6.71. The lowest BCUT2D eigenvalue weighted by Crippen LogP contribution is -1.90. The van der Waals surface area contributed by atoms with Crippen LogP contribution in [-0.4, -0.2) is 26.3 Å². The van der Waals surface area contributed by atoms with Gasteiger partial charge in [-0.25, -0.2) is 4.98 Å². The molecule has 5 heteroatoms. The summed E-state index contributed by atoms with van der Waals surface area (Å²) in [6, 6.07) is 13.7. The summed E-state index contributed by atoms with van der Waals surface area (Å²) in [4.78, 5) is 4.72. The second-order valence-corrected chi connectivity index (χ2v) is 5.69. The molecule has 0 radical (unpaired) electrons. The van der Waals surface area contributed by atoms with Gasteiger partial charge in [0, 0.05) is 16.5 Å². The Balaban J connectivity index is 1.92. The molecule has 0 unspecified atom stereocenters. The van der Waals surface area contributed by atoms with Gasteiger partial charge in [-0.1, -0.05) is 0 Å². The first-order valence-electron chi connectivity index (χ1n) is 7.07. The number of thiazole rings is 1. The molecule has 4 nitrogen and oxygen atoms in total. The first-order valence-corrected chi connectivity index (χ1v) is 7.95. The van der Waals surface area contributed by atoms with Crippen LogP contribution in [0, 0.1) is 0 Å². The molecule has 0 atom stereocenters. The number of benzene rings is 2. The predicted octanol–water partition coefficient (Wildman–Crippen LogP) is 4.50. The molecule has 118 valence electrons. The minimum Gasteiger partial charge on any atom is -0.497 e. The number of methoxy groups -OCH3 is 3. The summed E-state index contributed by atoms with van der Waals surface area (Å²) in [5.41, 5.74) is 3.02. The number of aromatic nitrogens is 1. The molecule has 0 N–H and O–H groups in total. The minimum absolute atomic E-state index is 0.700. The van der Waals surface area contributed by atoms with Crippen molar-refractivity contribution < 1.29 is 14.2 Å². The van der Waals surface area contributed by atoms with Gasteiger partial charge in [0.25, 0.3) is 0 Å². The van der Waals surface area contributed by atoms with Crippen LogP contribution in [0.5, 0.6) is 17.2 Å². The number of nitrogens with zero attached hydrogens (tertiary/aromatic N) is 1. The fourth-order valence-electron chi connectivity index (χ4n) is 2.27. The Bertz CT molecular complexity index is 796. The molecule has 0 aliphatic rings. The Morgan fingerprint density at radius 3 is 2.13 bits per heavy atom. The van der Waals surface area contributed by atoms with Crippen molar-refractivity contribution >= 4 is 11.3 Å². The smallest absolute Gasteiger partial charge is 0.161 e. The van der Waals surface area contributed by atoms with Crippen molar-refractivity contribution in [2.75, 3.05) is 21.3 Å². The van der Waals surface area contributed by atoms with E-state index in [-0.39, 0.29) is 0 Å². The fourth-order valence-corrected chi connectivity index (χ4v) is 3.10. The summed E-state index contributed by atoms with van der Waals surface area (Å²) >= 11 is 1.60.